The quantitative estimate of drug-likeness (QED) is 0.631. The van der Waals surface area contributed by atoms with Crippen LogP contribution in [0.2, 0.25) is 0 Å². The topological polar surface area (TPSA) is 105 Å². The van der Waals surface area contributed by atoms with Crippen molar-refractivity contribution in [2.45, 2.75) is 13.0 Å². The summed E-state index contributed by atoms with van der Waals surface area (Å²) in [6, 6.07) is -1.64. The summed E-state index contributed by atoms with van der Waals surface area (Å²) >= 11 is 0. The van der Waals surface area contributed by atoms with Gasteiger partial charge < -0.3 is 24.8 Å². The van der Waals surface area contributed by atoms with Gasteiger partial charge in [-0.2, -0.15) is 0 Å². The first kappa shape index (κ1) is 14.2. The van der Waals surface area contributed by atoms with Gasteiger partial charge in [-0.3, -0.25) is 4.79 Å². The lowest BCUT2D eigenvalue weighted by atomic mass is 10.2. The van der Waals surface area contributed by atoms with Crippen molar-refractivity contribution in [2.75, 3.05) is 32.9 Å². The van der Waals surface area contributed by atoms with E-state index in [1.54, 1.807) is 6.92 Å². The van der Waals surface area contributed by atoms with Crippen LogP contribution in [0, 0.1) is 0 Å². The third kappa shape index (κ3) is 3.88. The molecule has 1 rings (SSSR count). The number of esters is 1. The van der Waals surface area contributed by atoms with Gasteiger partial charge in [0.2, 0.25) is 0 Å². The van der Waals surface area contributed by atoms with Gasteiger partial charge in [0.1, 0.15) is 6.54 Å². The van der Waals surface area contributed by atoms with Gasteiger partial charge in [0.25, 0.3) is 0 Å². The van der Waals surface area contributed by atoms with E-state index in [9.17, 15) is 14.4 Å². The predicted molar refractivity (Wildman–Crippen MR) is 59.0 cm³/mol. The summed E-state index contributed by atoms with van der Waals surface area (Å²) in [5, 5.41) is 11.2. The zero-order chi connectivity index (χ0) is 13.5. The average molecular weight is 260 g/mol. The number of ether oxygens (including phenoxy) is 2. The summed E-state index contributed by atoms with van der Waals surface area (Å²) in [5.74, 6) is -1.70. The van der Waals surface area contributed by atoms with E-state index in [-0.39, 0.29) is 32.9 Å². The second kappa shape index (κ2) is 6.80. The Labute approximate surface area is 104 Å². The van der Waals surface area contributed by atoms with Crippen molar-refractivity contribution in [1.29, 1.82) is 0 Å². The number of morpholine rings is 1. The van der Waals surface area contributed by atoms with E-state index in [2.05, 4.69) is 10.1 Å². The number of nitrogens with zero attached hydrogens (tertiary/aromatic N) is 1. The number of rotatable bonds is 4. The summed E-state index contributed by atoms with van der Waals surface area (Å²) in [6.45, 7) is 1.99. The van der Waals surface area contributed by atoms with E-state index in [0.717, 1.165) is 4.90 Å². The smallest absolute Gasteiger partial charge is 0.328 e. The maximum atomic E-state index is 11.7. The van der Waals surface area contributed by atoms with Crippen LogP contribution in [0.4, 0.5) is 4.79 Å². The number of nitrogens with one attached hydrogen (secondary N) is 1. The number of carbonyl (C=O) groups excluding carboxylic acids is 2. The summed E-state index contributed by atoms with van der Waals surface area (Å²) in [6.07, 6.45) is 0. The van der Waals surface area contributed by atoms with Crippen LogP contribution >= 0.6 is 0 Å². The largest absolute Gasteiger partial charge is 0.480 e. The van der Waals surface area contributed by atoms with Gasteiger partial charge in [-0.25, -0.2) is 9.59 Å². The number of urea groups is 1. The molecule has 102 valence electrons. The van der Waals surface area contributed by atoms with Crippen LogP contribution in [0.25, 0.3) is 0 Å². The molecule has 1 aliphatic rings. The van der Waals surface area contributed by atoms with Crippen LogP contribution in [0.1, 0.15) is 6.92 Å². The lowest BCUT2D eigenvalue weighted by Crippen LogP contribution is -2.56. The monoisotopic (exact) mass is 260 g/mol. The van der Waals surface area contributed by atoms with Crippen molar-refractivity contribution < 1.29 is 29.0 Å². The fraction of sp³-hybridized carbons (Fsp3) is 0.700. The third-order valence-corrected chi connectivity index (χ3v) is 2.36. The molecule has 0 aliphatic carbocycles. The lowest BCUT2D eigenvalue weighted by molar-refractivity contribution is -0.147. The van der Waals surface area contributed by atoms with Crippen molar-refractivity contribution in [2.24, 2.45) is 0 Å². The van der Waals surface area contributed by atoms with E-state index in [0.29, 0.717) is 0 Å². The average Bonchev–Trinajstić information content (AvgIpc) is 2.36. The normalized spacial score (nSPS) is 19.2. The minimum atomic E-state index is -1.14. The van der Waals surface area contributed by atoms with Gasteiger partial charge in [0.15, 0.2) is 6.04 Å². The molecule has 2 amide bonds. The minimum absolute atomic E-state index is 0.0534. The molecule has 1 heterocycles. The predicted octanol–water partition coefficient (Wildman–Crippen LogP) is -0.955. The van der Waals surface area contributed by atoms with Gasteiger partial charge in [0.05, 0.1) is 19.8 Å². The van der Waals surface area contributed by atoms with Gasteiger partial charge >= 0.3 is 18.0 Å². The lowest BCUT2D eigenvalue weighted by Gasteiger charge is -2.32. The first-order chi connectivity index (χ1) is 8.56. The van der Waals surface area contributed by atoms with Crippen molar-refractivity contribution in [1.82, 2.24) is 10.2 Å². The molecule has 0 aromatic heterocycles. The molecule has 8 nitrogen and oxygen atoms in total. The number of aliphatic carboxylic acids is 1. The molecule has 1 unspecified atom stereocenters. The number of carboxylic acids is 1. The highest BCUT2D eigenvalue weighted by Crippen LogP contribution is 2.07. The molecule has 2 N–H and O–H groups in total. The molecule has 0 aromatic carbocycles. The molecule has 0 spiro atoms. The Bertz CT molecular complexity index is 332. The Kier molecular flexibility index (Phi) is 5.37. The summed E-state index contributed by atoms with van der Waals surface area (Å²) in [5.41, 5.74) is 0. The molecular formula is C10H16N2O6. The molecule has 1 atom stereocenters. The molecule has 1 fully saturated rings. The first-order valence-electron chi connectivity index (χ1n) is 5.57. The van der Waals surface area contributed by atoms with E-state index < -0.39 is 24.0 Å². The zero-order valence-corrected chi connectivity index (χ0v) is 10.0. The molecular weight excluding hydrogens is 244 g/mol. The van der Waals surface area contributed by atoms with Crippen LogP contribution in [0.15, 0.2) is 0 Å². The van der Waals surface area contributed by atoms with Crippen LogP contribution < -0.4 is 5.32 Å². The SMILES string of the molecule is CCOC(=O)CNC(=O)N1CCOCC1C(=O)O. The van der Waals surface area contributed by atoms with Crippen LogP contribution in [-0.4, -0.2) is 66.9 Å². The van der Waals surface area contributed by atoms with E-state index in [1.807, 2.05) is 0 Å². The second-order valence-corrected chi connectivity index (χ2v) is 3.59. The van der Waals surface area contributed by atoms with Crippen molar-refractivity contribution in [3.63, 3.8) is 0 Å². The maximum Gasteiger partial charge on any atom is 0.328 e. The van der Waals surface area contributed by atoms with Gasteiger partial charge in [-0.1, -0.05) is 0 Å². The van der Waals surface area contributed by atoms with Crippen LogP contribution in [-0.2, 0) is 19.1 Å². The number of hydrogen-bond acceptors (Lipinski definition) is 5. The molecule has 0 radical (unpaired) electrons. The fourth-order valence-electron chi connectivity index (χ4n) is 1.51. The number of hydrogen-bond donors (Lipinski definition) is 2. The summed E-state index contributed by atoms with van der Waals surface area (Å²) in [4.78, 5) is 34.8. The second-order valence-electron chi connectivity index (χ2n) is 3.59. The van der Waals surface area contributed by atoms with Gasteiger partial charge in [0, 0.05) is 6.54 Å². The summed E-state index contributed by atoms with van der Waals surface area (Å²) in [7, 11) is 0. The van der Waals surface area contributed by atoms with Crippen LogP contribution in [0.3, 0.4) is 0 Å². The molecule has 0 saturated carbocycles. The number of amides is 2. The zero-order valence-electron chi connectivity index (χ0n) is 10.0. The molecule has 18 heavy (non-hydrogen) atoms. The molecule has 8 heteroatoms. The Balaban J connectivity index is 2.48. The van der Waals surface area contributed by atoms with Crippen molar-refractivity contribution >= 4 is 18.0 Å². The first-order valence-corrected chi connectivity index (χ1v) is 5.57. The van der Waals surface area contributed by atoms with Crippen LogP contribution in [0.5, 0.6) is 0 Å². The number of carbonyl (C=O) groups is 3. The van der Waals surface area contributed by atoms with E-state index >= 15 is 0 Å². The molecule has 0 bridgehead atoms. The van der Waals surface area contributed by atoms with Gasteiger partial charge in [-0.15, -0.1) is 0 Å². The fourth-order valence-corrected chi connectivity index (χ4v) is 1.51. The Morgan fingerprint density at radius 1 is 1.50 bits per heavy atom. The van der Waals surface area contributed by atoms with Crippen molar-refractivity contribution in [3.8, 4) is 0 Å². The highest BCUT2D eigenvalue weighted by atomic mass is 16.5. The highest BCUT2D eigenvalue weighted by molar-refractivity contribution is 5.85. The Hall–Kier alpha value is -1.83. The molecule has 0 aromatic rings. The van der Waals surface area contributed by atoms with Crippen molar-refractivity contribution in [3.05, 3.63) is 0 Å². The molecule has 1 aliphatic heterocycles. The van der Waals surface area contributed by atoms with E-state index in [4.69, 9.17) is 9.84 Å². The Morgan fingerprint density at radius 3 is 2.83 bits per heavy atom. The molecule has 1 saturated heterocycles. The number of carboxylic acid groups (broad SMARTS) is 1. The van der Waals surface area contributed by atoms with E-state index in [1.165, 1.54) is 0 Å². The minimum Gasteiger partial charge on any atom is -0.480 e. The Morgan fingerprint density at radius 2 is 2.22 bits per heavy atom. The highest BCUT2D eigenvalue weighted by Gasteiger charge is 2.32. The third-order valence-electron chi connectivity index (χ3n) is 2.36. The van der Waals surface area contributed by atoms with Gasteiger partial charge in [-0.05, 0) is 6.92 Å². The standard InChI is InChI=1S/C10H16N2O6/c1-2-18-8(13)5-11-10(16)12-3-4-17-6-7(12)9(14)15/h7H,2-6H2,1H3,(H,11,16)(H,14,15). The summed E-state index contributed by atoms with van der Waals surface area (Å²) < 4.78 is 9.63. The maximum absolute atomic E-state index is 11.7.